The van der Waals surface area contributed by atoms with E-state index in [4.69, 9.17) is 23.2 Å². The van der Waals surface area contributed by atoms with E-state index in [0.29, 0.717) is 15.6 Å². The van der Waals surface area contributed by atoms with Crippen LogP contribution < -0.4 is 5.43 Å². The molecular formula is C14H9Cl2N3O3. The lowest BCUT2D eigenvalue weighted by Crippen LogP contribution is -2.18. The van der Waals surface area contributed by atoms with Gasteiger partial charge in [-0.3, -0.25) is 14.9 Å². The highest BCUT2D eigenvalue weighted by Gasteiger charge is 2.18. The minimum absolute atomic E-state index is 0.0706. The second kappa shape index (κ2) is 7.02. The van der Waals surface area contributed by atoms with Crippen molar-refractivity contribution in [3.05, 3.63) is 73.8 Å². The summed E-state index contributed by atoms with van der Waals surface area (Å²) in [6.07, 6.45) is 1.36. The maximum atomic E-state index is 11.9. The molecule has 0 bridgehead atoms. The molecule has 2 aromatic carbocycles. The first kappa shape index (κ1) is 15.9. The molecule has 0 aromatic heterocycles. The number of hydrogen-bond donors (Lipinski definition) is 1. The lowest BCUT2D eigenvalue weighted by molar-refractivity contribution is -0.385. The lowest BCUT2D eigenvalue weighted by Gasteiger charge is -2.01. The molecule has 0 spiro atoms. The molecule has 22 heavy (non-hydrogen) atoms. The molecule has 1 amide bonds. The first-order valence-electron chi connectivity index (χ1n) is 6.01. The summed E-state index contributed by atoms with van der Waals surface area (Å²) in [5, 5.41) is 15.4. The van der Waals surface area contributed by atoms with Gasteiger partial charge >= 0.3 is 0 Å². The van der Waals surface area contributed by atoms with E-state index in [1.165, 1.54) is 30.5 Å². The average molecular weight is 338 g/mol. The van der Waals surface area contributed by atoms with Gasteiger partial charge in [-0.1, -0.05) is 41.4 Å². The summed E-state index contributed by atoms with van der Waals surface area (Å²) in [7, 11) is 0. The van der Waals surface area contributed by atoms with E-state index in [-0.39, 0.29) is 11.3 Å². The topological polar surface area (TPSA) is 84.6 Å². The Morgan fingerprint density at radius 3 is 2.59 bits per heavy atom. The summed E-state index contributed by atoms with van der Waals surface area (Å²) < 4.78 is 0. The molecule has 0 saturated heterocycles. The van der Waals surface area contributed by atoms with E-state index in [9.17, 15) is 14.9 Å². The van der Waals surface area contributed by atoms with Crippen molar-refractivity contribution >= 4 is 41.0 Å². The summed E-state index contributed by atoms with van der Waals surface area (Å²) in [5.41, 5.74) is 2.49. The van der Waals surface area contributed by atoms with Gasteiger partial charge in [-0.25, -0.2) is 5.43 Å². The zero-order valence-corrected chi connectivity index (χ0v) is 12.5. The van der Waals surface area contributed by atoms with Crippen molar-refractivity contribution in [2.75, 3.05) is 0 Å². The molecular weight excluding hydrogens is 329 g/mol. The van der Waals surface area contributed by atoms with Gasteiger partial charge in [0.15, 0.2) is 0 Å². The van der Waals surface area contributed by atoms with Gasteiger partial charge in [0.2, 0.25) is 0 Å². The van der Waals surface area contributed by atoms with E-state index in [2.05, 4.69) is 10.5 Å². The normalized spacial score (nSPS) is 10.6. The van der Waals surface area contributed by atoms with Gasteiger partial charge in [-0.05, 0) is 23.8 Å². The van der Waals surface area contributed by atoms with E-state index in [1.807, 2.05) is 0 Å². The van der Waals surface area contributed by atoms with Crippen LogP contribution >= 0.6 is 23.2 Å². The monoisotopic (exact) mass is 337 g/mol. The van der Waals surface area contributed by atoms with Gasteiger partial charge < -0.3 is 0 Å². The van der Waals surface area contributed by atoms with Crippen LogP contribution in [-0.2, 0) is 0 Å². The second-order valence-electron chi connectivity index (χ2n) is 4.15. The number of carbonyl (C=O) groups is 1. The number of halogens is 2. The zero-order valence-electron chi connectivity index (χ0n) is 11.0. The molecule has 0 fully saturated rings. The molecule has 0 aliphatic carbocycles. The summed E-state index contributed by atoms with van der Waals surface area (Å²) >= 11 is 11.6. The van der Waals surface area contributed by atoms with Crippen LogP contribution in [0.15, 0.2) is 47.6 Å². The molecule has 2 aromatic rings. The summed E-state index contributed by atoms with van der Waals surface area (Å²) in [6, 6.07) is 10.4. The van der Waals surface area contributed by atoms with E-state index in [1.54, 1.807) is 18.2 Å². The molecule has 0 saturated carbocycles. The number of hydrazone groups is 1. The van der Waals surface area contributed by atoms with Crippen LogP contribution in [0, 0.1) is 10.1 Å². The van der Waals surface area contributed by atoms with Gasteiger partial charge in [-0.2, -0.15) is 5.10 Å². The molecule has 6 nitrogen and oxygen atoms in total. The SMILES string of the molecule is O=C(N/N=C\c1ccc(Cl)c(Cl)c1)c1ccccc1[N+](=O)[O-]. The molecule has 1 N–H and O–H groups in total. The Morgan fingerprint density at radius 2 is 1.91 bits per heavy atom. The Balaban J connectivity index is 2.11. The number of nitro groups is 1. The third-order valence-electron chi connectivity index (χ3n) is 2.67. The summed E-state index contributed by atoms with van der Waals surface area (Å²) in [6.45, 7) is 0. The number of rotatable bonds is 4. The third kappa shape index (κ3) is 3.81. The number of para-hydroxylation sites is 1. The number of nitro benzene ring substituents is 1. The molecule has 112 valence electrons. The van der Waals surface area contributed by atoms with Crippen LogP contribution in [0.4, 0.5) is 5.69 Å². The average Bonchev–Trinajstić information content (AvgIpc) is 2.50. The smallest absolute Gasteiger partial charge is 0.267 e. The highest BCUT2D eigenvalue weighted by atomic mass is 35.5. The Bertz CT molecular complexity index is 763. The van der Waals surface area contributed by atoms with Gasteiger partial charge in [-0.15, -0.1) is 0 Å². The summed E-state index contributed by atoms with van der Waals surface area (Å²) in [5.74, 6) is -0.677. The highest BCUT2D eigenvalue weighted by molar-refractivity contribution is 6.42. The fourth-order valence-corrected chi connectivity index (χ4v) is 1.95. The fraction of sp³-hybridized carbons (Fsp3) is 0. The van der Waals surface area contributed by atoms with Crippen molar-refractivity contribution < 1.29 is 9.72 Å². The Morgan fingerprint density at radius 1 is 1.18 bits per heavy atom. The van der Waals surface area contributed by atoms with E-state index < -0.39 is 10.8 Å². The largest absolute Gasteiger partial charge is 0.282 e. The third-order valence-corrected chi connectivity index (χ3v) is 3.41. The van der Waals surface area contributed by atoms with Crippen LogP contribution in [0.2, 0.25) is 10.0 Å². The molecule has 0 unspecified atom stereocenters. The minimum Gasteiger partial charge on any atom is -0.267 e. The maximum absolute atomic E-state index is 11.9. The van der Waals surface area contributed by atoms with Crippen LogP contribution in [0.3, 0.4) is 0 Å². The van der Waals surface area contributed by atoms with Crippen LogP contribution in [-0.4, -0.2) is 17.0 Å². The molecule has 8 heteroatoms. The van der Waals surface area contributed by atoms with Crippen molar-refractivity contribution in [3.8, 4) is 0 Å². The van der Waals surface area contributed by atoms with Crippen molar-refractivity contribution in [1.82, 2.24) is 5.43 Å². The van der Waals surface area contributed by atoms with Crippen molar-refractivity contribution in [2.24, 2.45) is 5.10 Å². The Labute approximate surface area is 135 Å². The van der Waals surface area contributed by atoms with E-state index in [0.717, 1.165) is 0 Å². The number of nitrogens with one attached hydrogen (secondary N) is 1. The molecule has 0 radical (unpaired) electrons. The molecule has 0 atom stereocenters. The van der Waals surface area contributed by atoms with Gasteiger partial charge in [0.1, 0.15) is 5.56 Å². The van der Waals surface area contributed by atoms with Crippen molar-refractivity contribution in [2.45, 2.75) is 0 Å². The van der Waals surface area contributed by atoms with Gasteiger partial charge in [0.05, 0.1) is 21.2 Å². The van der Waals surface area contributed by atoms with Crippen molar-refractivity contribution in [1.29, 1.82) is 0 Å². The standard InChI is InChI=1S/C14H9Cl2N3O3/c15-11-6-5-9(7-12(11)16)8-17-18-14(20)10-3-1-2-4-13(10)19(21)22/h1-8H,(H,18,20)/b17-8-. The molecule has 0 aliphatic rings. The van der Waals surface area contributed by atoms with Gasteiger partial charge in [0, 0.05) is 6.07 Å². The first-order valence-corrected chi connectivity index (χ1v) is 6.76. The zero-order chi connectivity index (χ0) is 16.1. The number of hydrogen-bond acceptors (Lipinski definition) is 4. The molecule has 0 aliphatic heterocycles. The highest BCUT2D eigenvalue weighted by Crippen LogP contribution is 2.21. The number of benzene rings is 2. The molecule has 0 heterocycles. The van der Waals surface area contributed by atoms with Gasteiger partial charge in [0.25, 0.3) is 11.6 Å². The van der Waals surface area contributed by atoms with Crippen LogP contribution in [0.5, 0.6) is 0 Å². The quantitative estimate of drug-likeness (QED) is 0.524. The van der Waals surface area contributed by atoms with Crippen molar-refractivity contribution in [3.63, 3.8) is 0 Å². The number of nitrogens with zero attached hydrogens (tertiary/aromatic N) is 2. The summed E-state index contributed by atoms with van der Waals surface area (Å²) in [4.78, 5) is 22.1. The molecule has 2 rings (SSSR count). The fourth-order valence-electron chi connectivity index (χ4n) is 1.64. The van der Waals surface area contributed by atoms with Crippen LogP contribution in [0.25, 0.3) is 0 Å². The Hall–Kier alpha value is -2.44. The number of carbonyl (C=O) groups excluding carboxylic acids is 1. The first-order chi connectivity index (χ1) is 10.5. The second-order valence-corrected chi connectivity index (χ2v) is 4.96. The maximum Gasteiger partial charge on any atom is 0.282 e. The minimum atomic E-state index is -0.677. The predicted molar refractivity (Wildman–Crippen MR) is 84.6 cm³/mol. The van der Waals surface area contributed by atoms with Crippen LogP contribution in [0.1, 0.15) is 15.9 Å². The lowest BCUT2D eigenvalue weighted by atomic mass is 10.2. The predicted octanol–water partition coefficient (Wildman–Crippen LogP) is 3.67. The van der Waals surface area contributed by atoms with E-state index >= 15 is 0 Å². The number of amides is 1. The Kier molecular flexibility index (Phi) is 5.08.